The highest BCUT2D eigenvalue weighted by Crippen LogP contribution is 2.24. The van der Waals surface area contributed by atoms with Crippen LogP contribution in [0.3, 0.4) is 0 Å². The Hall–Kier alpha value is -1.29. The lowest BCUT2D eigenvalue weighted by molar-refractivity contribution is 0.232. The number of likely N-dealkylation sites (tertiary alicyclic amines) is 1. The van der Waals surface area contributed by atoms with Crippen LogP contribution in [0.5, 0.6) is 5.88 Å². The van der Waals surface area contributed by atoms with Gasteiger partial charge in [0, 0.05) is 18.8 Å². The van der Waals surface area contributed by atoms with E-state index in [4.69, 9.17) is 4.74 Å². The molecule has 0 spiro atoms. The minimum atomic E-state index is 0.148. The van der Waals surface area contributed by atoms with Gasteiger partial charge in [0.15, 0.2) is 0 Å². The zero-order valence-electron chi connectivity index (χ0n) is 11.5. The van der Waals surface area contributed by atoms with Gasteiger partial charge in [0.25, 0.3) is 0 Å². The molecular weight excluding hydrogens is 226 g/mol. The van der Waals surface area contributed by atoms with Gasteiger partial charge in [0.2, 0.25) is 5.88 Å². The minimum Gasteiger partial charge on any atom is -0.473 e. The molecule has 1 saturated heterocycles. The molecule has 1 unspecified atom stereocenters. The first-order valence-electron chi connectivity index (χ1n) is 6.72. The topological polar surface area (TPSA) is 37.4 Å². The largest absolute Gasteiger partial charge is 0.473 e. The average Bonchev–Trinajstić information content (AvgIpc) is 2.31. The third-order valence-electron chi connectivity index (χ3n) is 3.10. The van der Waals surface area contributed by atoms with Gasteiger partial charge in [-0.2, -0.15) is 0 Å². The van der Waals surface area contributed by atoms with E-state index >= 15 is 0 Å². The highest BCUT2D eigenvalue weighted by Gasteiger charge is 2.18. The number of likely N-dealkylation sites (N-methyl/N-ethyl adjacent to an activating group) is 1. The van der Waals surface area contributed by atoms with Crippen molar-refractivity contribution in [2.45, 2.75) is 38.8 Å². The fourth-order valence-corrected chi connectivity index (χ4v) is 2.32. The van der Waals surface area contributed by atoms with Crippen LogP contribution in [-0.4, -0.2) is 42.2 Å². The zero-order chi connectivity index (χ0) is 13.0. The van der Waals surface area contributed by atoms with Crippen molar-refractivity contribution >= 4 is 5.69 Å². The Morgan fingerprint density at radius 1 is 1.50 bits per heavy atom. The number of nitrogens with one attached hydrogen (secondary N) is 1. The molecule has 0 aromatic carbocycles. The zero-order valence-corrected chi connectivity index (χ0v) is 11.5. The van der Waals surface area contributed by atoms with Crippen molar-refractivity contribution in [2.75, 3.05) is 25.5 Å². The molecule has 2 rings (SSSR count). The van der Waals surface area contributed by atoms with Crippen molar-refractivity contribution in [3.8, 4) is 5.88 Å². The molecule has 1 aromatic rings. The van der Waals surface area contributed by atoms with Crippen molar-refractivity contribution in [3.05, 3.63) is 18.3 Å². The standard InChI is InChI=1S/C14H23N3O/c1-11(2)18-14-13(7-4-8-15-14)16-12-6-5-9-17(3)10-12/h4,7-8,11-12,16H,5-6,9-10H2,1-3H3. The van der Waals surface area contributed by atoms with Gasteiger partial charge in [-0.3, -0.25) is 0 Å². The Labute approximate surface area is 109 Å². The monoisotopic (exact) mass is 249 g/mol. The van der Waals surface area contributed by atoms with Gasteiger partial charge in [0.05, 0.1) is 11.8 Å². The molecule has 0 amide bonds. The number of anilines is 1. The molecule has 1 aromatic heterocycles. The van der Waals surface area contributed by atoms with Crippen molar-refractivity contribution in [2.24, 2.45) is 0 Å². The summed E-state index contributed by atoms with van der Waals surface area (Å²) in [5.41, 5.74) is 1.01. The number of hydrogen-bond acceptors (Lipinski definition) is 4. The van der Waals surface area contributed by atoms with Crippen LogP contribution >= 0.6 is 0 Å². The van der Waals surface area contributed by atoms with Crippen molar-refractivity contribution in [1.82, 2.24) is 9.88 Å². The van der Waals surface area contributed by atoms with E-state index < -0.39 is 0 Å². The van der Waals surface area contributed by atoms with Crippen molar-refractivity contribution < 1.29 is 4.74 Å². The molecule has 1 aliphatic rings. The number of ether oxygens (including phenoxy) is 1. The Balaban J connectivity index is 2.03. The Morgan fingerprint density at radius 3 is 3.06 bits per heavy atom. The summed E-state index contributed by atoms with van der Waals surface area (Å²) in [5.74, 6) is 0.709. The van der Waals surface area contributed by atoms with E-state index in [1.54, 1.807) is 6.20 Å². The predicted molar refractivity (Wildman–Crippen MR) is 74.1 cm³/mol. The van der Waals surface area contributed by atoms with Gasteiger partial charge in [-0.05, 0) is 52.4 Å². The van der Waals surface area contributed by atoms with Gasteiger partial charge in [-0.25, -0.2) is 4.98 Å². The summed E-state index contributed by atoms with van der Waals surface area (Å²) < 4.78 is 5.73. The summed E-state index contributed by atoms with van der Waals surface area (Å²) in [6.45, 7) is 6.32. The molecule has 1 fully saturated rings. The van der Waals surface area contributed by atoms with Crippen LogP contribution in [0, 0.1) is 0 Å². The third-order valence-corrected chi connectivity index (χ3v) is 3.10. The first-order chi connectivity index (χ1) is 8.65. The molecule has 18 heavy (non-hydrogen) atoms. The van der Waals surface area contributed by atoms with Crippen LogP contribution in [0.2, 0.25) is 0 Å². The Kier molecular flexibility index (Phi) is 4.42. The van der Waals surface area contributed by atoms with E-state index in [2.05, 4.69) is 22.2 Å². The van der Waals surface area contributed by atoms with E-state index in [1.807, 2.05) is 26.0 Å². The predicted octanol–water partition coefficient (Wildman–Crippen LogP) is 2.37. The van der Waals surface area contributed by atoms with E-state index in [0.29, 0.717) is 11.9 Å². The summed E-state index contributed by atoms with van der Waals surface area (Å²) in [5, 5.41) is 3.56. The van der Waals surface area contributed by atoms with E-state index in [1.165, 1.54) is 19.4 Å². The van der Waals surface area contributed by atoms with Crippen LogP contribution in [0.4, 0.5) is 5.69 Å². The van der Waals surface area contributed by atoms with E-state index in [0.717, 1.165) is 12.2 Å². The third kappa shape index (κ3) is 3.60. The molecule has 100 valence electrons. The molecule has 2 heterocycles. The van der Waals surface area contributed by atoms with Crippen LogP contribution in [0.15, 0.2) is 18.3 Å². The lowest BCUT2D eigenvalue weighted by Gasteiger charge is -2.31. The number of hydrogen-bond donors (Lipinski definition) is 1. The second kappa shape index (κ2) is 6.05. The van der Waals surface area contributed by atoms with E-state index in [-0.39, 0.29) is 6.10 Å². The van der Waals surface area contributed by atoms with Gasteiger partial charge < -0.3 is 15.0 Å². The van der Waals surface area contributed by atoms with E-state index in [9.17, 15) is 0 Å². The number of aromatic nitrogens is 1. The van der Waals surface area contributed by atoms with Gasteiger partial charge in [0.1, 0.15) is 0 Å². The number of pyridine rings is 1. The van der Waals surface area contributed by atoms with Crippen molar-refractivity contribution in [3.63, 3.8) is 0 Å². The molecule has 4 heteroatoms. The number of nitrogens with zero attached hydrogens (tertiary/aromatic N) is 2. The number of piperidine rings is 1. The van der Waals surface area contributed by atoms with Crippen LogP contribution in [0.1, 0.15) is 26.7 Å². The first-order valence-corrected chi connectivity index (χ1v) is 6.72. The van der Waals surface area contributed by atoms with Crippen LogP contribution in [0.25, 0.3) is 0 Å². The number of rotatable bonds is 4. The van der Waals surface area contributed by atoms with Gasteiger partial charge in [-0.15, -0.1) is 0 Å². The summed E-state index contributed by atoms with van der Waals surface area (Å²) >= 11 is 0. The quantitative estimate of drug-likeness (QED) is 0.889. The SMILES string of the molecule is CC(C)Oc1ncccc1NC1CCCN(C)C1. The highest BCUT2D eigenvalue weighted by molar-refractivity contribution is 5.52. The average molecular weight is 249 g/mol. The van der Waals surface area contributed by atoms with Gasteiger partial charge in [-0.1, -0.05) is 0 Å². The normalized spacial score (nSPS) is 21.0. The van der Waals surface area contributed by atoms with Gasteiger partial charge >= 0.3 is 0 Å². The molecule has 0 aliphatic carbocycles. The first kappa shape index (κ1) is 13.1. The maximum Gasteiger partial charge on any atom is 0.237 e. The molecule has 0 radical (unpaired) electrons. The second-order valence-electron chi connectivity index (χ2n) is 5.27. The lowest BCUT2D eigenvalue weighted by Crippen LogP contribution is -2.39. The van der Waals surface area contributed by atoms with Crippen LogP contribution < -0.4 is 10.1 Å². The maximum absolute atomic E-state index is 5.73. The molecule has 0 bridgehead atoms. The minimum absolute atomic E-state index is 0.148. The highest BCUT2D eigenvalue weighted by atomic mass is 16.5. The Bertz CT molecular complexity index is 381. The fraction of sp³-hybridized carbons (Fsp3) is 0.643. The summed E-state index contributed by atoms with van der Waals surface area (Å²) in [4.78, 5) is 6.67. The molecule has 1 N–H and O–H groups in total. The molecule has 0 saturated carbocycles. The Morgan fingerprint density at radius 2 is 2.33 bits per heavy atom. The summed E-state index contributed by atoms with van der Waals surface area (Å²) in [6.07, 6.45) is 4.37. The second-order valence-corrected chi connectivity index (χ2v) is 5.27. The smallest absolute Gasteiger partial charge is 0.237 e. The molecular formula is C14H23N3O. The van der Waals surface area contributed by atoms with Crippen molar-refractivity contribution in [1.29, 1.82) is 0 Å². The fourth-order valence-electron chi connectivity index (χ4n) is 2.32. The maximum atomic E-state index is 5.73. The van der Waals surface area contributed by atoms with Crippen LogP contribution in [-0.2, 0) is 0 Å². The molecule has 4 nitrogen and oxygen atoms in total. The lowest BCUT2D eigenvalue weighted by atomic mass is 10.1. The molecule has 1 atom stereocenters. The summed E-state index contributed by atoms with van der Waals surface area (Å²) in [6, 6.07) is 4.48. The molecule has 1 aliphatic heterocycles. The summed E-state index contributed by atoms with van der Waals surface area (Å²) in [7, 11) is 2.17.